The molecule has 1 atom stereocenters. The fraction of sp³-hybridized carbons (Fsp3) is 0.400. The minimum atomic E-state index is -0.466. The Kier molecular flexibility index (Phi) is 4.74. The van der Waals surface area contributed by atoms with Crippen LogP contribution in [0.2, 0.25) is 0 Å². The van der Waals surface area contributed by atoms with Crippen LogP contribution in [0.4, 0.5) is 17.2 Å². The zero-order chi connectivity index (χ0) is 19.7. The average molecular weight is 378 g/mol. The Labute approximate surface area is 163 Å². The van der Waals surface area contributed by atoms with Crippen molar-refractivity contribution in [2.45, 2.75) is 19.3 Å². The van der Waals surface area contributed by atoms with Crippen molar-refractivity contribution in [3.63, 3.8) is 0 Å². The third kappa shape index (κ3) is 3.31. The number of nitrogens with one attached hydrogen (secondary N) is 1. The van der Waals surface area contributed by atoms with Crippen LogP contribution in [0.15, 0.2) is 30.5 Å². The molecule has 0 saturated carbocycles. The van der Waals surface area contributed by atoms with E-state index in [-0.39, 0.29) is 18.2 Å². The van der Waals surface area contributed by atoms with Crippen LogP contribution in [0.3, 0.4) is 0 Å². The Bertz CT molecular complexity index is 937. The number of hydrogen-bond acceptors (Lipinski definition) is 5. The second kappa shape index (κ2) is 7.35. The number of rotatable bonds is 4. The smallest absolute Gasteiger partial charge is 0.230 e. The minimum absolute atomic E-state index is 0.0698. The van der Waals surface area contributed by atoms with Crippen LogP contribution < -0.4 is 15.1 Å². The normalized spacial score (nSPS) is 19.1. The van der Waals surface area contributed by atoms with Gasteiger partial charge in [-0.1, -0.05) is 0 Å². The van der Waals surface area contributed by atoms with E-state index in [9.17, 15) is 9.59 Å². The van der Waals surface area contributed by atoms with E-state index in [1.54, 1.807) is 11.9 Å². The van der Waals surface area contributed by atoms with E-state index >= 15 is 0 Å². The molecule has 0 spiro atoms. The standard InChI is InChI=1S/C20H22N6O2/c1-24-19(15(11-21)12-22-24)23-20(28)14-10-18(27)26(13-14)17-6-4-16(5-7-17)25-8-2-3-9-25/h4-7,12,14H,2-3,8-10,13H2,1H3,(H,23,28). The number of carbonyl (C=O) groups excluding carboxylic acids is 2. The maximum atomic E-state index is 12.6. The summed E-state index contributed by atoms with van der Waals surface area (Å²) in [5.74, 6) is -0.454. The van der Waals surface area contributed by atoms with Crippen LogP contribution in [0.25, 0.3) is 0 Å². The summed E-state index contributed by atoms with van der Waals surface area (Å²) < 4.78 is 1.45. The minimum Gasteiger partial charge on any atom is -0.372 e. The van der Waals surface area contributed by atoms with Gasteiger partial charge in [0.2, 0.25) is 11.8 Å². The number of nitrogens with zero attached hydrogens (tertiary/aromatic N) is 5. The predicted octanol–water partition coefficient (Wildman–Crippen LogP) is 1.88. The van der Waals surface area contributed by atoms with Gasteiger partial charge in [-0.25, -0.2) is 0 Å². The fourth-order valence-corrected chi connectivity index (χ4v) is 3.84. The van der Waals surface area contributed by atoms with E-state index in [0.29, 0.717) is 17.9 Å². The maximum Gasteiger partial charge on any atom is 0.230 e. The van der Waals surface area contributed by atoms with Crippen LogP contribution in [0.5, 0.6) is 0 Å². The summed E-state index contributed by atoms with van der Waals surface area (Å²) >= 11 is 0. The highest BCUT2D eigenvalue weighted by molar-refractivity contribution is 6.03. The SMILES string of the molecule is Cn1ncc(C#N)c1NC(=O)C1CC(=O)N(c2ccc(N3CCCC3)cc2)C1. The Morgan fingerprint density at radius 1 is 1.21 bits per heavy atom. The highest BCUT2D eigenvalue weighted by atomic mass is 16.2. The van der Waals surface area contributed by atoms with Gasteiger partial charge in [0, 0.05) is 44.5 Å². The van der Waals surface area contributed by atoms with Crippen LogP contribution in [-0.2, 0) is 16.6 Å². The third-order valence-electron chi connectivity index (χ3n) is 5.43. The van der Waals surface area contributed by atoms with Crippen LogP contribution in [-0.4, -0.2) is 41.2 Å². The fourth-order valence-electron chi connectivity index (χ4n) is 3.84. The van der Waals surface area contributed by atoms with Crippen LogP contribution in [0.1, 0.15) is 24.8 Å². The lowest BCUT2D eigenvalue weighted by Gasteiger charge is -2.20. The Balaban J connectivity index is 1.44. The second-order valence-corrected chi connectivity index (χ2v) is 7.25. The zero-order valence-corrected chi connectivity index (χ0v) is 15.8. The molecule has 2 aliphatic rings. The van der Waals surface area contributed by atoms with Crippen LogP contribution in [0, 0.1) is 17.2 Å². The molecule has 2 aromatic rings. The molecule has 28 heavy (non-hydrogen) atoms. The van der Waals surface area contributed by atoms with E-state index in [1.807, 2.05) is 30.3 Å². The highest BCUT2D eigenvalue weighted by Gasteiger charge is 2.35. The first-order valence-corrected chi connectivity index (χ1v) is 9.45. The summed E-state index contributed by atoms with van der Waals surface area (Å²) in [7, 11) is 1.66. The summed E-state index contributed by atoms with van der Waals surface area (Å²) in [5.41, 5.74) is 2.28. The third-order valence-corrected chi connectivity index (χ3v) is 5.43. The predicted molar refractivity (Wildman–Crippen MR) is 105 cm³/mol. The Morgan fingerprint density at radius 2 is 1.89 bits per heavy atom. The molecule has 1 aromatic carbocycles. The molecule has 4 rings (SSSR count). The van der Waals surface area contributed by atoms with Crippen LogP contribution >= 0.6 is 0 Å². The highest BCUT2D eigenvalue weighted by Crippen LogP contribution is 2.29. The van der Waals surface area contributed by atoms with Crippen molar-refractivity contribution < 1.29 is 9.59 Å². The summed E-state index contributed by atoms with van der Waals surface area (Å²) in [5, 5.41) is 15.9. The first-order chi connectivity index (χ1) is 13.6. The zero-order valence-electron chi connectivity index (χ0n) is 15.8. The number of carbonyl (C=O) groups is 2. The molecule has 0 radical (unpaired) electrons. The molecule has 2 fully saturated rings. The number of benzene rings is 1. The summed E-state index contributed by atoms with van der Waals surface area (Å²) in [4.78, 5) is 29.1. The van der Waals surface area contributed by atoms with Crippen molar-refractivity contribution in [2.75, 3.05) is 34.8 Å². The topological polar surface area (TPSA) is 94.3 Å². The van der Waals surface area contributed by atoms with Gasteiger partial charge in [0.15, 0.2) is 0 Å². The van der Waals surface area contributed by atoms with Gasteiger partial charge >= 0.3 is 0 Å². The van der Waals surface area contributed by atoms with Gasteiger partial charge in [0.1, 0.15) is 17.5 Å². The number of aryl methyl sites for hydroxylation is 1. The Hall–Kier alpha value is -3.34. The molecule has 8 nitrogen and oxygen atoms in total. The van der Waals surface area contributed by atoms with Crippen molar-refractivity contribution in [3.8, 4) is 6.07 Å². The molecule has 1 aromatic heterocycles. The monoisotopic (exact) mass is 378 g/mol. The van der Waals surface area contributed by atoms with Crippen molar-refractivity contribution >= 4 is 29.0 Å². The number of anilines is 3. The van der Waals surface area contributed by atoms with Gasteiger partial charge in [-0.05, 0) is 37.1 Å². The van der Waals surface area contributed by atoms with Gasteiger partial charge in [-0.3, -0.25) is 14.3 Å². The maximum absolute atomic E-state index is 12.6. The van der Waals surface area contributed by atoms with E-state index in [2.05, 4.69) is 15.3 Å². The molecule has 3 heterocycles. The van der Waals surface area contributed by atoms with Crippen molar-refractivity contribution in [1.82, 2.24) is 9.78 Å². The lowest BCUT2D eigenvalue weighted by molar-refractivity contribution is -0.122. The lowest BCUT2D eigenvalue weighted by Crippen LogP contribution is -2.28. The largest absolute Gasteiger partial charge is 0.372 e. The van der Waals surface area contributed by atoms with Gasteiger partial charge in [-0.15, -0.1) is 0 Å². The molecule has 144 valence electrons. The van der Waals surface area contributed by atoms with E-state index in [4.69, 9.17) is 5.26 Å². The summed E-state index contributed by atoms with van der Waals surface area (Å²) in [6.07, 6.45) is 3.99. The summed E-state index contributed by atoms with van der Waals surface area (Å²) in [6, 6.07) is 9.97. The molecule has 0 aliphatic carbocycles. The van der Waals surface area contributed by atoms with Crippen molar-refractivity contribution in [1.29, 1.82) is 5.26 Å². The second-order valence-electron chi connectivity index (χ2n) is 7.25. The quantitative estimate of drug-likeness (QED) is 0.877. The van der Waals surface area contributed by atoms with Crippen molar-refractivity contribution in [3.05, 3.63) is 36.0 Å². The lowest BCUT2D eigenvalue weighted by atomic mass is 10.1. The molecule has 2 aliphatic heterocycles. The molecule has 0 bridgehead atoms. The number of amides is 2. The number of hydrogen-bond donors (Lipinski definition) is 1. The molecule has 2 saturated heterocycles. The first kappa shape index (κ1) is 18.0. The van der Waals surface area contributed by atoms with Gasteiger partial charge < -0.3 is 15.1 Å². The number of aromatic nitrogens is 2. The molecular weight excluding hydrogens is 356 g/mol. The van der Waals surface area contributed by atoms with Gasteiger partial charge in [0.05, 0.1) is 12.1 Å². The molecule has 1 unspecified atom stereocenters. The number of nitriles is 1. The van der Waals surface area contributed by atoms with Gasteiger partial charge in [0.25, 0.3) is 0 Å². The van der Waals surface area contributed by atoms with E-state index < -0.39 is 5.92 Å². The van der Waals surface area contributed by atoms with E-state index in [0.717, 1.165) is 18.8 Å². The molecular formula is C20H22N6O2. The molecule has 1 N–H and O–H groups in total. The average Bonchev–Trinajstić information content (AvgIpc) is 3.43. The van der Waals surface area contributed by atoms with Crippen molar-refractivity contribution in [2.24, 2.45) is 13.0 Å². The molecule has 2 amide bonds. The van der Waals surface area contributed by atoms with E-state index in [1.165, 1.54) is 29.4 Å². The van der Waals surface area contributed by atoms with Gasteiger partial charge in [-0.2, -0.15) is 10.4 Å². The molecule has 8 heteroatoms. The first-order valence-electron chi connectivity index (χ1n) is 9.45. The Morgan fingerprint density at radius 3 is 2.57 bits per heavy atom. The summed E-state index contributed by atoms with van der Waals surface area (Å²) in [6.45, 7) is 2.47.